The second-order valence-electron chi connectivity index (χ2n) is 3.93. The first-order valence-electron chi connectivity index (χ1n) is 5.68. The molecular formula is C12H17N3OS. The van der Waals surface area contributed by atoms with Gasteiger partial charge in [-0.3, -0.25) is 0 Å². The first-order valence-corrected chi connectivity index (χ1v) is 6.56. The molecule has 2 aromatic rings. The number of ether oxygens (including phenoxy) is 1. The minimum Gasteiger partial charge on any atom is -0.395 e. The second kappa shape index (κ2) is 5.33. The van der Waals surface area contributed by atoms with Gasteiger partial charge in [0.15, 0.2) is 0 Å². The van der Waals surface area contributed by atoms with E-state index in [4.69, 9.17) is 10.5 Å². The monoisotopic (exact) mass is 251 g/mol. The summed E-state index contributed by atoms with van der Waals surface area (Å²) in [6.07, 6.45) is 0. The number of nitrogens with one attached hydrogen (secondary N) is 1. The minimum absolute atomic E-state index is 0.230. The molecule has 5 heteroatoms. The molecule has 0 aliphatic heterocycles. The maximum absolute atomic E-state index is 6.08. The van der Waals surface area contributed by atoms with Crippen molar-refractivity contribution in [2.75, 3.05) is 24.3 Å². The lowest BCUT2D eigenvalue weighted by Crippen LogP contribution is -2.22. The van der Waals surface area contributed by atoms with Gasteiger partial charge in [-0.25, -0.2) is 4.98 Å². The highest BCUT2D eigenvalue weighted by Crippen LogP contribution is 2.30. The van der Waals surface area contributed by atoms with Gasteiger partial charge in [0.25, 0.3) is 0 Å². The van der Waals surface area contributed by atoms with Crippen LogP contribution >= 0.6 is 11.3 Å². The number of nitrogen functional groups attached to an aromatic ring is 1. The molecule has 3 N–H and O–H groups in total. The summed E-state index contributed by atoms with van der Waals surface area (Å²) >= 11 is 1.60. The van der Waals surface area contributed by atoms with Crippen molar-refractivity contribution in [2.24, 2.45) is 0 Å². The Bertz CT molecular complexity index is 497. The summed E-state index contributed by atoms with van der Waals surface area (Å²) in [4.78, 5) is 4.27. The SMILES string of the molecule is CCOCC(C)Nc1ccc2scnc2c1N. The lowest BCUT2D eigenvalue weighted by molar-refractivity contribution is 0.141. The molecule has 0 saturated heterocycles. The molecule has 0 saturated carbocycles. The van der Waals surface area contributed by atoms with E-state index in [0.29, 0.717) is 12.3 Å². The van der Waals surface area contributed by atoms with Gasteiger partial charge in [-0.05, 0) is 26.0 Å². The molecule has 0 aliphatic carbocycles. The molecule has 0 fully saturated rings. The van der Waals surface area contributed by atoms with Gasteiger partial charge in [-0.15, -0.1) is 11.3 Å². The largest absolute Gasteiger partial charge is 0.395 e. The molecule has 0 amide bonds. The van der Waals surface area contributed by atoms with E-state index >= 15 is 0 Å². The molecule has 1 heterocycles. The van der Waals surface area contributed by atoms with Crippen molar-refractivity contribution in [3.8, 4) is 0 Å². The number of nitrogens with zero attached hydrogens (tertiary/aromatic N) is 1. The third kappa shape index (κ3) is 2.68. The number of anilines is 2. The molecule has 0 aliphatic rings. The van der Waals surface area contributed by atoms with E-state index in [1.807, 2.05) is 24.6 Å². The number of hydrogen-bond donors (Lipinski definition) is 2. The number of benzene rings is 1. The van der Waals surface area contributed by atoms with Crippen molar-refractivity contribution in [3.05, 3.63) is 17.6 Å². The molecule has 4 nitrogen and oxygen atoms in total. The highest BCUT2D eigenvalue weighted by atomic mass is 32.1. The van der Waals surface area contributed by atoms with Crippen LogP contribution in [0, 0.1) is 0 Å². The number of aromatic nitrogens is 1. The Balaban J connectivity index is 2.15. The maximum Gasteiger partial charge on any atom is 0.106 e. The third-order valence-electron chi connectivity index (χ3n) is 2.52. The molecule has 1 aromatic carbocycles. The fraction of sp³-hybridized carbons (Fsp3) is 0.417. The Hall–Kier alpha value is -1.33. The van der Waals surface area contributed by atoms with Crippen molar-refractivity contribution in [1.82, 2.24) is 4.98 Å². The van der Waals surface area contributed by atoms with Gasteiger partial charge in [0.1, 0.15) is 5.52 Å². The van der Waals surface area contributed by atoms with Crippen LogP contribution in [0.5, 0.6) is 0 Å². The average molecular weight is 251 g/mol. The Morgan fingerprint density at radius 2 is 2.35 bits per heavy atom. The van der Waals surface area contributed by atoms with Crippen LogP contribution in [0.4, 0.5) is 11.4 Å². The van der Waals surface area contributed by atoms with Crippen LogP contribution in [0.3, 0.4) is 0 Å². The van der Waals surface area contributed by atoms with E-state index in [2.05, 4.69) is 17.2 Å². The van der Waals surface area contributed by atoms with Gasteiger partial charge in [0, 0.05) is 12.6 Å². The van der Waals surface area contributed by atoms with Gasteiger partial charge in [0.05, 0.1) is 28.2 Å². The molecule has 0 spiro atoms. The molecule has 1 unspecified atom stereocenters. The summed E-state index contributed by atoms with van der Waals surface area (Å²) in [7, 11) is 0. The molecule has 0 bridgehead atoms. The highest BCUT2D eigenvalue weighted by molar-refractivity contribution is 7.16. The predicted molar refractivity (Wildman–Crippen MR) is 73.6 cm³/mol. The first-order chi connectivity index (χ1) is 8.22. The summed E-state index contributed by atoms with van der Waals surface area (Å²) in [5.74, 6) is 0. The van der Waals surface area contributed by atoms with Crippen LogP contribution in [0.25, 0.3) is 10.2 Å². The van der Waals surface area contributed by atoms with Crippen LogP contribution in [-0.4, -0.2) is 24.2 Å². The van der Waals surface area contributed by atoms with Crippen LogP contribution in [0.1, 0.15) is 13.8 Å². The molecule has 17 heavy (non-hydrogen) atoms. The molecule has 1 atom stereocenters. The number of hydrogen-bond acceptors (Lipinski definition) is 5. The van der Waals surface area contributed by atoms with Crippen molar-refractivity contribution in [3.63, 3.8) is 0 Å². The third-order valence-corrected chi connectivity index (χ3v) is 3.31. The summed E-state index contributed by atoms with van der Waals surface area (Å²) in [6, 6.07) is 4.27. The Kier molecular flexibility index (Phi) is 3.81. The number of rotatable bonds is 5. The Morgan fingerprint density at radius 1 is 1.53 bits per heavy atom. The van der Waals surface area contributed by atoms with E-state index in [9.17, 15) is 0 Å². The zero-order valence-corrected chi connectivity index (χ0v) is 10.9. The number of thiazole rings is 1. The van der Waals surface area contributed by atoms with Crippen LogP contribution < -0.4 is 11.1 Å². The molecule has 92 valence electrons. The smallest absolute Gasteiger partial charge is 0.106 e. The van der Waals surface area contributed by atoms with E-state index in [0.717, 1.165) is 22.5 Å². The van der Waals surface area contributed by atoms with Crippen molar-refractivity contribution in [2.45, 2.75) is 19.9 Å². The average Bonchev–Trinajstić information content (AvgIpc) is 2.79. The molecule has 0 radical (unpaired) electrons. The fourth-order valence-electron chi connectivity index (χ4n) is 1.68. The maximum atomic E-state index is 6.08. The topological polar surface area (TPSA) is 60.2 Å². The van der Waals surface area contributed by atoms with E-state index in [1.165, 1.54) is 0 Å². The summed E-state index contributed by atoms with van der Waals surface area (Å²) in [6.45, 7) is 5.46. The van der Waals surface area contributed by atoms with Crippen LogP contribution in [0.2, 0.25) is 0 Å². The van der Waals surface area contributed by atoms with Crippen molar-refractivity contribution >= 4 is 32.9 Å². The molecule has 1 aromatic heterocycles. The standard InChI is InChI=1S/C12H17N3OS/c1-3-16-6-8(2)15-9-4-5-10-12(11(9)13)14-7-17-10/h4-5,7-8,15H,3,6,13H2,1-2H3. The number of nitrogens with two attached hydrogens (primary N) is 1. The fourth-order valence-corrected chi connectivity index (χ4v) is 2.37. The van der Waals surface area contributed by atoms with Crippen LogP contribution in [-0.2, 0) is 4.74 Å². The normalized spacial score (nSPS) is 12.8. The quantitative estimate of drug-likeness (QED) is 0.802. The minimum atomic E-state index is 0.230. The van der Waals surface area contributed by atoms with Crippen LogP contribution in [0.15, 0.2) is 17.6 Å². The van der Waals surface area contributed by atoms with Gasteiger partial charge in [-0.1, -0.05) is 0 Å². The summed E-state index contributed by atoms with van der Waals surface area (Å²) in [5.41, 5.74) is 10.4. The van der Waals surface area contributed by atoms with Crippen molar-refractivity contribution < 1.29 is 4.74 Å². The zero-order valence-electron chi connectivity index (χ0n) is 10.1. The predicted octanol–water partition coefficient (Wildman–Crippen LogP) is 2.72. The van der Waals surface area contributed by atoms with Crippen molar-refractivity contribution in [1.29, 1.82) is 0 Å². The lowest BCUT2D eigenvalue weighted by atomic mass is 10.2. The summed E-state index contributed by atoms with van der Waals surface area (Å²) in [5, 5.41) is 3.34. The molecular weight excluding hydrogens is 234 g/mol. The Labute approximate surface area is 105 Å². The Morgan fingerprint density at radius 3 is 3.12 bits per heavy atom. The lowest BCUT2D eigenvalue weighted by Gasteiger charge is -2.16. The summed E-state index contributed by atoms with van der Waals surface area (Å²) < 4.78 is 6.48. The van der Waals surface area contributed by atoms with Gasteiger partial charge >= 0.3 is 0 Å². The second-order valence-corrected chi connectivity index (χ2v) is 4.82. The molecule has 2 rings (SSSR count). The van der Waals surface area contributed by atoms with Gasteiger partial charge in [-0.2, -0.15) is 0 Å². The van der Waals surface area contributed by atoms with E-state index in [-0.39, 0.29) is 6.04 Å². The van der Waals surface area contributed by atoms with Gasteiger partial charge in [0.2, 0.25) is 0 Å². The highest BCUT2D eigenvalue weighted by Gasteiger charge is 2.09. The first kappa shape index (κ1) is 12.1. The van der Waals surface area contributed by atoms with E-state index < -0.39 is 0 Å². The van der Waals surface area contributed by atoms with E-state index in [1.54, 1.807) is 11.3 Å². The zero-order chi connectivity index (χ0) is 12.3. The van der Waals surface area contributed by atoms with Gasteiger partial charge < -0.3 is 15.8 Å². The number of fused-ring (bicyclic) bond motifs is 1.